The first kappa shape index (κ1) is 14.0. The molecule has 3 N–H and O–H groups in total. The molecule has 1 atom stereocenters. The highest BCUT2D eigenvalue weighted by Gasteiger charge is 2.26. The van der Waals surface area contributed by atoms with E-state index >= 15 is 0 Å². The highest BCUT2D eigenvalue weighted by atomic mass is 16.6. The van der Waals surface area contributed by atoms with Crippen LogP contribution >= 0.6 is 0 Å². The first-order valence-electron chi connectivity index (χ1n) is 6.06. The lowest BCUT2D eigenvalue weighted by Crippen LogP contribution is -2.42. The molecule has 1 saturated carbocycles. The number of nitrogens with one attached hydrogen (secondary N) is 1. The van der Waals surface area contributed by atoms with Gasteiger partial charge in [0.25, 0.3) is 0 Å². The highest BCUT2D eigenvalue weighted by molar-refractivity contribution is 5.82. The maximum absolute atomic E-state index is 11.5. The molecule has 17 heavy (non-hydrogen) atoms. The standard InChI is InChI=1S/C12H22N2O3/c1-12(2,3)17-10(15)7-6-9(13)11(16)14-8-4-5-8/h8-9H,4-7,13H2,1-3H3,(H,14,16). The van der Waals surface area contributed by atoms with Gasteiger partial charge in [0, 0.05) is 12.5 Å². The Morgan fingerprint density at radius 2 is 2.00 bits per heavy atom. The molecular weight excluding hydrogens is 220 g/mol. The monoisotopic (exact) mass is 242 g/mol. The average Bonchev–Trinajstić information content (AvgIpc) is 2.95. The molecule has 5 heteroatoms. The molecule has 0 spiro atoms. The van der Waals surface area contributed by atoms with Crippen molar-refractivity contribution in [2.45, 2.75) is 64.1 Å². The summed E-state index contributed by atoms with van der Waals surface area (Å²) in [6.07, 6.45) is 2.57. The summed E-state index contributed by atoms with van der Waals surface area (Å²) in [5, 5.41) is 2.81. The van der Waals surface area contributed by atoms with Gasteiger partial charge in [0.1, 0.15) is 5.60 Å². The molecule has 5 nitrogen and oxygen atoms in total. The molecule has 0 aromatic rings. The first-order chi connectivity index (χ1) is 7.78. The molecule has 0 radical (unpaired) electrons. The van der Waals surface area contributed by atoms with E-state index in [2.05, 4.69) is 5.32 Å². The van der Waals surface area contributed by atoms with E-state index in [4.69, 9.17) is 10.5 Å². The number of hydrogen-bond donors (Lipinski definition) is 2. The first-order valence-corrected chi connectivity index (χ1v) is 6.06. The van der Waals surface area contributed by atoms with Crippen LogP contribution in [0.25, 0.3) is 0 Å². The molecule has 0 aromatic carbocycles. The van der Waals surface area contributed by atoms with Crippen LogP contribution in [0.1, 0.15) is 46.5 Å². The van der Waals surface area contributed by atoms with Crippen molar-refractivity contribution >= 4 is 11.9 Å². The molecule has 1 amide bonds. The number of esters is 1. The second-order valence-electron chi connectivity index (χ2n) is 5.51. The van der Waals surface area contributed by atoms with Gasteiger partial charge in [-0.3, -0.25) is 9.59 Å². The van der Waals surface area contributed by atoms with E-state index in [9.17, 15) is 9.59 Å². The van der Waals surface area contributed by atoms with Crippen LogP contribution in [0.15, 0.2) is 0 Å². The predicted molar refractivity (Wildman–Crippen MR) is 64.2 cm³/mol. The maximum Gasteiger partial charge on any atom is 0.306 e. The van der Waals surface area contributed by atoms with Gasteiger partial charge in [0.15, 0.2) is 0 Å². The van der Waals surface area contributed by atoms with Crippen LogP contribution in [-0.4, -0.2) is 29.6 Å². The summed E-state index contributed by atoms with van der Waals surface area (Å²) in [5.74, 6) is -0.483. The van der Waals surface area contributed by atoms with E-state index in [0.717, 1.165) is 12.8 Å². The number of carbonyl (C=O) groups is 2. The van der Waals surface area contributed by atoms with Gasteiger partial charge in [0.2, 0.25) is 5.91 Å². The van der Waals surface area contributed by atoms with Gasteiger partial charge < -0.3 is 15.8 Å². The summed E-state index contributed by atoms with van der Waals surface area (Å²) < 4.78 is 5.14. The van der Waals surface area contributed by atoms with E-state index in [1.807, 2.05) is 20.8 Å². The van der Waals surface area contributed by atoms with Crippen molar-refractivity contribution in [2.24, 2.45) is 5.73 Å². The smallest absolute Gasteiger partial charge is 0.306 e. The molecule has 0 saturated heterocycles. The zero-order chi connectivity index (χ0) is 13.1. The fraction of sp³-hybridized carbons (Fsp3) is 0.833. The fourth-order valence-electron chi connectivity index (χ4n) is 1.33. The summed E-state index contributed by atoms with van der Waals surface area (Å²) in [5.41, 5.74) is 5.20. The van der Waals surface area contributed by atoms with Gasteiger partial charge in [-0.15, -0.1) is 0 Å². The molecular formula is C12H22N2O3. The normalized spacial score (nSPS) is 17.4. The van der Waals surface area contributed by atoms with Gasteiger partial charge >= 0.3 is 5.97 Å². The molecule has 0 bridgehead atoms. The lowest BCUT2D eigenvalue weighted by Gasteiger charge is -2.20. The Morgan fingerprint density at radius 1 is 1.41 bits per heavy atom. The number of ether oxygens (including phenoxy) is 1. The van der Waals surface area contributed by atoms with E-state index in [0.29, 0.717) is 12.5 Å². The predicted octanol–water partition coefficient (Wildman–Crippen LogP) is 0.714. The number of nitrogens with two attached hydrogens (primary N) is 1. The third-order valence-corrected chi connectivity index (χ3v) is 2.34. The van der Waals surface area contributed by atoms with Crippen LogP contribution in [0.4, 0.5) is 0 Å². The van der Waals surface area contributed by atoms with Crippen LogP contribution in [0.3, 0.4) is 0 Å². The van der Waals surface area contributed by atoms with Gasteiger partial charge in [-0.05, 0) is 40.0 Å². The maximum atomic E-state index is 11.5. The van der Waals surface area contributed by atoms with E-state index in [-0.39, 0.29) is 18.3 Å². The molecule has 0 aliphatic heterocycles. The molecule has 1 aliphatic carbocycles. The molecule has 1 rings (SSSR count). The van der Waals surface area contributed by atoms with Crippen molar-refractivity contribution in [2.75, 3.05) is 0 Å². The fourth-order valence-corrected chi connectivity index (χ4v) is 1.33. The van der Waals surface area contributed by atoms with E-state index in [1.165, 1.54) is 0 Å². The van der Waals surface area contributed by atoms with Crippen LogP contribution in [-0.2, 0) is 14.3 Å². The van der Waals surface area contributed by atoms with Gasteiger partial charge in [-0.2, -0.15) is 0 Å². The van der Waals surface area contributed by atoms with Gasteiger partial charge in [-0.25, -0.2) is 0 Å². The number of carbonyl (C=O) groups excluding carboxylic acids is 2. The minimum Gasteiger partial charge on any atom is -0.460 e. The summed E-state index contributed by atoms with van der Waals surface area (Å²) in [4.78, 5) is 22.9. The minimum atomic E-state index is -0.622. The molecule has 1 fully saturated rings. The molecule has 0 aromatic heterocycles. The number of amides is 1. The zero-order valence-corrected chi connectivity index (χ0v) is 10.8. The molecule has 0 heterocycles. The lowest BCUT2D eigenvalue weighted by atomic mass is 10.1. The van der Waals surface area contributed by atoms with Gasteiger partial charge in [-0.1, -0.05) is 0 Å². The van der Waals surface area contributed by atoms with Crippen molar-refractivity contribution in [1.82, 2.24) is 5.32 Å². The Hall–Kier alpha value is -1.10. The van der Waals surface area contributed by atoms with Crippen molar-refractivity contribution in [1.29, 1.82) is 0 Å². The summed E-state index contributed by atoms with van der Waals surface area (Å²) in [6.45, 7) is 5.43. The third kappa shape index (κ3) is 6.26. The Kier molecular flexibility index (Phi) is 4.51. The Bertz CT molecular complexity index is 293. The molecule has 1 unspecified atom stereocenters. The van der Waals surface area contributed by atoms with Crippen molar-refractivity contribution < 1.29 is 14.3 Å². The quantitative estimate of drug-likeness (QED) is 0.696. The number of hydrogen-bond acceptors (Lipinski definition) is 4. The lowest BCUT2D eigenvalue weighted by molar-refractivity contribution is -0.155. The van der Waals surface area contributed by atoms with Crippen LogP contribution in [0.2, 0.25) is 0 Å². The minimum absolute atomic E-state index is 0.170. The second kappa shape index (κ2) is 5.49. The Morgan fingerprint density at radius 3 is 2.47 bits per heavy atom. The third-order valence-electron chi connectivity index (χ3n) is 2.34. The van der Waals surface area contributed by atoms with E-state index in [1.54, 1.807) is 0 Å². The SMILES string of the molecule is CC(C)(C)OC(=O)CCC(N)C(=O)NC1CC1. The summed E-state index contributed by atoms with van der Waals surface area (Å²) >= 11 is 0. The topological polar surface area (TPSA) is 81.4 Å². The van der Waals surface area contributed by atoms with Crippen molar-refractivity contribution in [3.05, 3.63) is 0 Å². The Labute approximate surface area is 102 Å². The van der Waals surface area contributed by atoms with Crippen molar-refractivity contribution in [3.8, 4) is 0 Å². The largest absolute Gasteiger partial charge is 0.460 e. The van der Waals surface area contributed by atoms with Crippen LogP contribution in [0, 0.1) is 0 Å². The zero-order valence-electron chi connectivity index (χ0n) is 10.8. The van der Waals surface area contributed by atoms with E-state index < -0.39 is 11.6 Å². The highest BCUT2D eigenvalue weighted by Crippen LogP contribution is 2.18. The molecule has 1 aliphatic rings. The van der Waals surface area contributed by atoms with Crippen LogP contribution < -0.4 is 11.1 Å². The summed E-state index contributed by atoms with van der Waals surface area (Å²) in [6, 6.07) is -0.321. The van der Waals surface area contributed by atoms with Gasteiger partial charge in [0.05, 0.1) is 6.04 Å². The Balaban J connectivity index is 2.19. The number of rotatable bonds is 5. The molecule has 98 valence electrons. The second-order valence-corrected chi connectivity index (χ2v) is 5.51. The van der Waals surface area contributed by atoms with Crippen LogP contribution in [0.5, 0.6) is 0 Å². The summed E-state index contributed by atoms with van der Waals surface area (Å²) in [7, 11) is 0. The average molecular weight is 242 g/mol. The van der Waals surface area contributed by atoms with Crippen molar-refractivity contribution in [3.63, 3.8) is 0 Å².